The maximum absolute atomic E-state index is 11.4. The van der Waals surface area contributed by atoms with Gasteiger partial charge < -0.3 is 10.6 Å². The lowest BCUT2D eigenvalue weighted by atomic mass is 10.3. The van der Waals surface area contributed by atoms with Crippen LogP contribution in [-0.4, -0.2) is 23.5 Å². The predicted octanol–water partition coefficient (Wildman–Crippen LogP) is 1.33. The van der Waals surface area contributed by atoms with E-state index in [-0.39, 0.29) is 5.91 Å². The first-order valence-electron chi connectivity index (χ1n) is 5.03. The van der Waals surface area contributed by atoms with Crippen LogP contribution in [0.4, 0.5) is 5.69 Å². The Morgan fingerprint density at radius 2 is 2.20 bits per heavy atom. The van der Waals surface area contributed by atoms with Crippen molar-refractivity contribution in [3.63, 3.8) is 0 Å². The normalized spacial score (nSPS) is 10.4. The van der Waals surface area contributed by atoms with Crippen LogP contribution < -0.4 is 10.6 Å². The fraction of sp³-hybridized carbons (Fsp3) is 0.455. The lowest BCUT2D eigenvalue weighted by Gasteiger charge is -2.08. The molecule has 2 N–H and O–H groups in total. The summed E-state index contributed by atoms with van der Waals surface area (Å²) in [5.74, 6) is -0.0453. The summed E-state index contributed by atoms with van der Waals surface area (Å²) in [6.07, 6.45) is 3.39. The van der Waals surface area contributed by atoms with Crippen LogP contribution in [0.1, 0.15) is 19.4 Å². The molecule has 15 heavy (non-hydrogen) atoms. The molecule has 0 unspecified atom stereocenters. The highest BCUT2D eigenvalue weighted by Gasteiger charge is 2.02. The number of aromatic nitrogens is 1. The molecule has 0 radical (unpaired) electrons. The van der Waals surface area contributed by atoms with Crippen molar-refractivity contribution < 1.29 is 4.79 Å². The average Bonchev–Trinajstić information content (AvgIpc) is 2.15. The van der Waals surface area contributed by atoms with E-state index in [2.05, 4.69) is 15.6 Å². The molecule has 1 aromatic heterocycles. The van der Waals surface area contributed by atoms with E-state index >= 15 is 0 Å². The quantitative estimate of drug-likeness (QED) is 0.783. The Morgan fingerprint density at radius 3 is 2.80 bits per heavy atom. The van der Waals surface area contributed by atoms with Crippen LogP contribution in [0, 0.1) is 6.92 Å². The summed E-state index contributed by atoms with van der Waals surface area (Å²) in [4.78, 5) is 15.4. The lowest BCUT2D eigenvalue weighted by molar-refractivity contribution is -0.115. The third kappa shape index (κ3) is 4.56. The van der Waals surface area contributed by atoms with E-state index in [1.165, 1.54) is 0 Å². The van der Waals surface area contributed by atoms with Crippen LogP contribution in [0.5, 0.6) is 0 Å². The molecule has 0 atom stereocenters. The van der Waals surface area contributed by atoms with E-state index in [1.54, 1.807) is 12.4 Å². The molecule has 0 aliphatic rings. The predicted molar refractivity (Wildman–Crippen MR) is 60.7 cm³/mol. The third-order valence-corrected chi connectivity index (χ3v) is 1.83. The van der Waals surface area contributed by atoms with E-state index in [9.17, 15) is 4.79 Å². The van der Waals surface area contributed by atoms with Crippen LogP contribution in [0.3, 0.4) is 0 Å². The molecule has 1 amide bonds. The summed E-state index contributed by atoms with van der Waals surface area (Å²) in [7, 11) is 0. The standard InChI is InChI=1S/C11H17N3O/c1-8(2)13-7-11(15)14-10-4-9(3)5-12-6-10/h4-6,8,13H,7H2,1-3H3,(H,14,15). The van der Waals surface area contributed by atoms with E-state index in [4.69, 9.17) is 0 Å². The topological polar surface area (TPSA) is 54.0 Å². The number of carbonyl (C=O) groups is 1. The van der Waals surface area contributed by atoms with Gasteiger partial charge in [0.25, 0.3) is 0 Å². The van der Waals surface area contributed by atoms with Crippen LogP contribution in [0.15, 0.2) is 18.5 Å². The number of nitrogens with one attached hydrogen (secondary N) is 2. The summed E-state index contributed by atoms with van der Waals surface area (Å²) in [6.45, 7) is 6.27. The Hall–Kier alpha value is -1.42. The number of aryl methyl sites for hydroxylation is 1. The molecular formula is C11H17N3O. The molecule has 0 saturated heterocycles. The number of hydrogen-bond acceptors (Lipinski definition) is 3. The van der Waals surface area contributed by atoms with Crippen LogP contribution in [0.25, 0.3) is 0 Å². The van der Waals surface area contributed by atoms with E-state index in [0.29, 0.717) is 12.6 Å². The number of nitrogens with zero attached hydrogens (tertiary/aromatic N) is 1. The number of rotatable bonds is 4. The highest BCUT2D eigenvalue weighted by Crippen LogP contribution is 2.06. The molecule has 0 bridgehead atoms. The summed E-state index contributed by atoms with van der Waals surface area (Å²) >= 11 is 0. The van der Waals surface area contributed by atoms with Gasteiger partial charge >= 0.3 is 0 Å². The van der Waals surface area contributed by atoms with Crippen molar-refractivity contribution in [3.8, 4) is 0 Å². The van der Waals surface area contributed by atoms with E-state index in [1.807, 2.05) is 26.8 Å². The van der Waals surface area contributed by atoms with Crippen molar-refractivity contribution in [2.45, 2.75) is 26.8 Å². The number of hydrogen-bond donors (Lipinski definition) is 2. The van der Waals surface area contributed by atoms with Crippen LogP contribution in [-0.2, 0) is 4.79 Å². The van der Waals surface area contributed by atoms with Crippen molar-refractivity contribution in [1.29, 1.82) is 0 Å². The van der Waals surface area contributed by atoms with Gasteiger partial charge in [0.1, 0.15) is 0 Å². The zero-order valence-corrected chi connectivity index (χ0v) is 9.37. The fourth-order valence-electron chi connectivity index (χ4n) is 1.13. The SMILES string of the molecule is Cc1cncc(NC(=O)CNC(C)C)c1. The zero-order chi connectivity index (χ0) is 11.3. The van der Waals surface area contributed by atoms with Crippen molar-refractivity contribution in [3.05, 3.63) is 24.0 Å². The Morgan fingerprint density at radius 1 is 1.47 bits per heavy atom. The first kappa shape index (κ1) is 11.7. The molecule has 4 heteroatoms. The number of anilines is 1. The summed E-state index contributed by atoms with van der Waals surface area (Å²) in [5.41, 5.74) is 1.77. The number of amides is 1. The molecule has 1 heterocycles. The van der Waals surface area contributed by atoms with E-state index < -0.39 is 0 Å². The zero-order valence-electron chi connectivity index (χ0n) is 9.37. The van der Waals surface area contributed by atoms with Gasteiger partial charge in [-0.15, -0.1) is 0 Å². The minimum Gasteiger partial charge on any atom is -0.324 e. The second kappa shape index (κ2) is 5.46. The maximum Gasteiger partial charge on any atom is 0.238 e. The van der Waals surface area contributed by atoms with Gasteiger partial charge in [-0.3, -0.25) is 9.78 Å². The van der Waals surface area contributed by atoms with Crippen molar-refractivity contribution in [2.75, 3.05) is 11.9 Å². The van der Waals surface area contributed by atoms with E-state index in [0.717, 1.165) is 11.3 Å². The monoisotopic (exact) mass is 207 g/mol. The molecule has 0 saturated carbocycles. The molecular weight excluding hydrogens is 190 g/mol. The van der Waals surface area contributed by atoms with Crippen molar-refractivity contribution in [1.82, 2.24) is 10.3 Å². The Kier molecular flexibility index (Phi) is 4.24. The highest BCUT2D eigenvalue weighted by molar-refractivity contribution is 5.92. The Labute approximate surface area is 90.1 Å². The molecule has 0 fully saturated rings. The second-order valence-corrected chi connectivity index (χ2v) is 3.83. The molecule has 1 rings (SSSR count). The smallest absolute Gasteiger partial charge is 0.238 e. The van der Waals surface area contributed by atoms with Gasteiger partial charge in [-0.2, -0.15) is 0 Å². The Balaban J connectivity index is 2.44. The third-order valence-electron chi connectivity index (χ3n) is 1.83. The van der Waals surface area contributed by atoms with Gasteiger partial charge in [0.05, 0.1) is 18.4 Å². The molecule has 82 valence electrons. The summed E-state index contributed by atoms with van der Waals surface area (Å²) in [5, 5.41) is 5.82. The summed E-state index contributed by atoms with van der Waals surface area (Å²) in [6, 6.07) is 2.20. The molecule has 4 nitrogen and oxygen atoms in total. The van der Waals surface area contributed by atoms with Gasteiger partial charge in [-0.05, 0) is 18.6 Å². The second-order valence-electron chi connectivity index (χ2n) is 3.83. The first-order valence-corrected chi connectivity index (χ1v) is 5.03. The largest absolute Gasteiger partial charge is 0.324 e. The molecule has 1 aromatic rings. The maximum atomic E-state index is 11.4. The number of pyridine rings is 1. The van der Waals surface area contributed by atoms with Crippen LogP contribution >= 0.6 is 0 Å². The molecule has 0 aliphatic carbocycles. The Bertz CT molecular complexity index is 336. The van der Waals surface area contributed by atoms with Gasteiger partial charge in [-0.1, -0.05) is 13.8 Å². The fourth-order valence-corrected chi connectivity index (χ4v) is 1.13. The minimum atomic E-state index is -0.0453. The molecule has 0 spiro atoms. The minimum absolute atomic E-state index is 0.0453. The highest BCUT2D eigenvalue weighted by atomic mass is 16.1. The van der Waals surface area contributed by atoms with Gasteiger partial charge in [0.2, 0.25) is 5.91 Å². The lowest BCUT2D eigenvalue weighted by Crippen LogP contribution is -2.32. The van der Waals surface area contributed by atoms with Crippen LogP contribution in [0.2, 0.25) is 0 Å². The number of carbonyl (C=O) groups excluding carboxylic acids is 1. The van der Waals surface area contributed by atoms with Crippen molar-refractivity contribution >= 4 is 11.6 Å². The van der Waals surface area contributed by atoms with Gasteiger partial charge in [-0.25, -0.2) is 0 Å². The summed E-state index contributed by atoms with van der Waals surface area (Å²) < 4.78 is 0. The molecule has 0 aliphatic heterocycles. The van der Waals surface area contributed by atoms with Gasteiger partial charge in [0.15, 0.2) is 0 Å². The molecule has 0 aromatic carbocycles. The average molecular weight is 207 g/mol. The first-order chi connectivity index (χ1) is 7.08. The van der Waals surface area contributed by atoms with Crippen molar-refractivity contribution in [2.24, 2.45) is 0 Å². The van der Waals surface area contributed by atoms with Gasteiger partial charge in [0, 0.05) is 12.2 Å².